The van der Waals surface area contributed by atoms with Crippen LogP contribution in [0.5, 0.6) is 0 Å². The van der Waals surface area contributed by atoms with Gasteiger partial charge in [0.05, 0.1) is 6.04 Å². The van der Waals surface area contributed by atoms with Crippen molar-refractivity contribution in [2.24, 2.45) is 16.6 Å². The highest BCUT2D eigenvalue weighted by atomic mass is 19.1. The standard InChI is InChI=1S/C29H40FN9O4/c1-2-3-13-23(35-25(40)22(32)17-21-12-9-16-34-19-21)26(41)36-24(18-20-10-5-4-6-11-20)27(42)37-29(30,14-7-8-15-31)28(43)38-39-33/h4-6,9-12,16,19,22-24H,2-3,7-8,13-15,17-18,31-32H2,1H3,(H,35,40)(H,36,41)(H,37,42)/t22-,23-,24-,29-/m0/s1. The van der Waals surface area contributed by atoms with Crippen LogP contribution >= 0.6 is 0 Å². The van der Waals surface area contributed by atoms with Crippen molar-refractivity contribution in [3.8, 4) is 0 Å². The predicted octanol–water partition coefficient (Wildman–Crippen LogP) is 2.10. The lowest BCUT2D eigenvalue weighted by Gasteiger charge is -2.28. The van der Waals surface area contributed by atoms with Crippen molar-refractivity contribution in [2.75, 3.05) is 6.54 Å². The lowest BCUT2D eigenvalue weighted by Crippen LogP contribution is -2.60. The van der Waals surface area contributed by atoms with E-state index in [2.05, 4.69) is 25.6 Å². The van der Waals surface area contributed by atoms with E-state index < -0.39 is 54.0 Å². The molecule has 0 fully saturated rings. The van der Waals surface area contributed by atoms with E-state index in [1.54, 1.807) is 54.9 Å². The second kappa shape index (κ2) is 18.2. The van der Waals surface area contributed by atoms with Crippen LogP contribution in [0, 0.1) is 0 Å². The number of hydrogen-bond donors (Lipinski definition) is 5. The summed E-state index contributed by atoms with van der Waals surface area (Å²) in [7, 11) is 0. The highest BCUT2D eigenvalue weighted by molar-refractivity contribution is 5.96. The monoisotopic (exact) mass is 597 g/mol. The van der Waals surface area contributed by atoms with E-state index in [1.807, 2.05) is 12.2 Å². The molecule has 13 nitrogen and oxygen atoms in total. The second-order valence-electron chi connectivity index (χ2n) is 10.2. The van der Waals surface area contributed by atoms with Crippen LogP contribution in [0.2, 0.25) is 0 Å². The van der Waals surface area contributed by atoms with E-state index in [0.717, 1.165) is 12.0 Å². The average Bonchev–Trinajstić information content (AvgIpc) is 2.99. The molecule has 0 bridgehead atoms. The van der Waals surface area contributed by atoms with E-state index in [9.17, 15) is 19.2 Å². The summed E-state index contributed by atoms with van der Waals surface area (Å²) in [6.07, 6.45) is 4.91. The number of aromatic nitrogens is 1. The summed E-state index contributed by atoms with van der Waals surface area (Å²) in [5.74, 6) is -6.77. The number of benzene rings is 1. The number of hydrogen-bond acceptors (Lipinski definition) is 7. The number of azide groups is 1. The molecular formula is C29H40FN9O4. The molecule has 4 amide bonds. The van der Waals surface area contributed by atoms with Gasteiger partial charge in [0.2, 0.25) is 23.5 Å². The number of rotatable bonds is 18. The molecule has 232 valence electrons. The molecule has 0 unspecified atom stereocenters. The van der Waals surface area contributed by atoms with Gasteiger partial charge in [-0.05, 0) is 60.1 Å². The first-order chi connectivity index (χ1) is 20.6. The zero-order chi connectivity index (χ0) is 31.7. The van der Waals surface area contributed by atoms with Gasteiger partial charge in [0.1, 0.15) is 12.1 Å². The minimum atomic E-state index is -3.01. The Kier molecular flexibility index (Phi) is 14.7. The second-order valence-corrected chi connectivity index (χ2v) is 10.2. The van der Waals surface area contributed by atoms with Crippen molar-refractivity contribution < 1.29 is 23.6 Å². The van der Waals surface area contributed by atoms with E-state index >= 15 is 4.39 Å². The lowest BCUT2D eigenvalue weighted by molar-refractivity contribution is -0.141. The fourth-order valence-electron chi connectivity index (χ4n) is 4.29. The van der Waals surface area contributed by atoms with Gasteiger partial charge in [-0.3, -0.25) is 24.2 Å². The van der Waals surface area contributed by atoms with Crippen molar-refractivity contribution in [3.05, 3.63) is 76.4 Å². The smallest absolute Gasteiger partial charge is 0.276 e. The summed E-state index contributed by atoms with van der Waals surface area (Å²) < 4.78 is 15.8. The molecule has 0 saturated heterocycles. The van der Waals surface area contributed by atoms with E-state index in [0.29, 0.717) is 18.4 Å². The summed E-state index contributed by atoms with van der Waals surface area (Å²) in [6.45, 7) is 2.14. The van der Waals surface area contributed by atoms with Gasteiger partial charge < -0.3 is 27.4 Å². The van der Waals surface area contributed by atoms with Crippen LogP contribution in [-0.4, -0.2) is 59.1 Å². The summed E-state index contributed by atoms with van der Waals surface area (Å²) in [4.78, 5) is 58.6. The summed E-state index contributed by atoms with van der Waals surface area (Å²) in [5, 5.41) is 10.2. The SMILES string of the molecule is CCCC[C@H](NC(=O)[C@@H](N)Cc1cccnc1)C(=O)N[C@@H](Cc1ccccc1)C(=O)N[C@@](F)(CCCCN)C(=O)N=[N+]=[N-]. The maximum atomic E-state index is 15.8. The quantitative estimate of drug-likeness (QED) is 0.0566. The first-order valence-electron chi connectivity index (χ1n) is 14.2. The number of carbonyl (C=O) groups excluding carboxylic acids is 4. The molecule has 1 aromatic heterocycles. The fourth-order valence-corrected chi connectivity index (χ4v) is 4.29. The van der Waals surface area contributed by atoms with Crippen LogP contribution < -0.4 is 27.4 Å². The van der Waals surface area contributed by atoms with Gasteiger partial charge in [0.15, 0.2) is 0 Å². The van der Waals surface area contributed by atoms with Crippen molar-refractivity contribution in [3.63, 3.8) is 0 Å². The number of halogens is 1. The van der Waals surface area contributed by atoms with E-state index in [-0.39, 0.29) is 32.2 Å². The molecule has 0 aliphatic heterocycles. The maximum Gasteiger partial charge on any atom is 0.276 e. The molecule has 0 spiro atoms. The van der Waals surface area contributed by atoms with Crippen molar-refractivity contribution in [1.82, 2.24) is 20.9 Å². The number of alkyl halides is 1. The molecule has 0 saturated carbocycles. The zero-order valence-corrected chi connectivity index (χ0v) is 24.2. The van der Waals surface area contributed by atoms with Gasteiger partial charge in [-0.25, -0.2) is 4.39 Å². The summed E-state index contributed by atoms with van der Waals surface area (Å²) in [6, 6.07) is 8.83. The van der Waals surface area contributed by atoms with Gasteiger partial charge in [0.25, 0.3) is 5.91 Å². The van der Waals surface area contributed by atoms with Crippen molar-refractivity contribution >= 4 is 23.6 Å². The Labute approximate surface area is 250 Å². The Balaban J connectivity index is 2.27. The Morgan fingerprint density at radius 1 is 0.977 bits per heavy atom. The van der Waals surface area contributed by atoms with Gasteiger partial charge >= 0.3 is 0 Å². The third-order valence-electron chi connectivity index (χ3n) is 6.68. The van der Waals surface area contributed by atoms with Crippen LogP contribution in [0.1, 0.15) is 56.6 Å². The molecule has 0 aliphatic rings. The van der Waals surface area contributed by atoms with Crippen molar-refractivity contribution in [2.45, 2.75) is 82.2 Å². The topological polar surface area (TPSA) is 218 Å². The third-order valence-corrected chi connectivity index (χ3v) is 6.68. The maximum absolute atomic E-state index is 15.8. The Morgan fingerprint density at radius 3 is 2.30 bits per heavy atom. The van der Waals surface area contributed by atoms with Gasteiger partial charge in [0, 0.05) is 30.1 Å². The molecule has 43 heavy (non-hydrogen) atoms. The molecular weight excluding hydrogens is 557 g/mol. The molecule has 14 heteroatoms. The first kappa shape index (κ1) is 34.8. The largest absolute Gasteiger partial charge is 0.343 e. The highest BCUT2D eigenvalue weighted by Gasteiger charge is 2.41. The third kappa shape index (κ3) is 11.8. The van der Waals surface area contributed by atoms with E-state index in [4.69, 9.17) is 17.0 Å². The Bertz CT molecular complexity index is 1250. The number of nitrogens with two attached hydrogens (primary N) is 2. The summed E-state index contributed by atoms with van der Waals surface area (Å²) >= 11 is 0. The first-order valence-corrected chi connectivity index (χ1v) is 14.2. The van der Waals surface area contributed by atoms with E-state index in [1.165, 1.54) is 0 Å². The average molecular weight is 598 g/mol. The zero-order valence-electron chi connectivity index (χ0n) is 24.2. The van der Waals surface area contributed by atoms with Crippen LogP contribution in [0.3, 0.4) is 0 Å². The van der Waals surface area contributed by atoms with Crippen LogP contribution in [0.4, 0.5) is 4.39 Å². The molecule has 2 rings (SSSR count). The molecule has 2 aromatic rings. The predicted molar refractivity (Wildman–Crippen MR) is 158 cm³/mol. The number of nitrogens with zero attached hydrogens (tertiary/aromatic N) is 4. The van der Waals surface area contributed by atoms with Gasteiger partial charge in [-0.2, -0.15) is 0 Å². The number of amides is 4. The minimum Gasteiger partial charge on any atom is -0.343 e. The molecule has 0 radical (unpaired) electrons. The number of unbranched alkanes of at least 4 members (excludes halogenated alkanes) is 2. The minimum absolute atomic E-state index is 0.0536. The van der Waals surface area contributed by atoms with Gasteiger partial charge in [-0.1, -0.05) is 56.2 Å². The number of nitrogens with one attached hydrogen (secondary N) is 3. The van der Waals surface area contributed by atoms with Crippen LogP contribution in [0.25, 0.3) is 10.4 Å². The van der Waals surface area contributed by atoms with Crippen LogP contribution in [-0.2, 0) is 32.0 Å². The number of pyridine rings is 1. The highest BCUT2D eigenvalue weighted by Crippen LogP contribution is 2.20. The van der Waals surface area contributed by atoms with Crippen LogP contribution in [0.15, 0.2) is 60.0 Å². The Morgan fingerprint density at radius 2 is 1.67 bits per heavy atom. The normalized spacial score (nSPS) is 14.2. The molecule has 1 heterocycles. The Hall–Kier alpha value is -4.39. The number of carbonyl (C=O) groups is 4. The summed E-state index contributed by atoms with van der Waals surface area (Å²) in [5.41, 5.74) is 21.6. The van der Waals surface area contributed by atoms with Crippen molar-refractivity contribution in [1.29, 1.82) is 0 Å². The fraction of sp³-hybridized carbons (Fsp3) is 0.483. The lowest BCUT2D eigenvalue weighted by atomic mass is 10.0. The molecule has 4 atom stereocenters. The molecule has 1 aromatic carbocycles. The molecule has 7 N–H and O–H groups in total. The van der Waals surface area contributed by atoms with Gasteiger partial charge in [-0.15, -0.1) is 0 Å². The molecule has 0 aliphatic carbocycles.